The molecule has 1 fully saturated rings. The zero-order chi connectivity index (χ0) is 27.0. The number of fused-ring (bicyclic) bond motifs is 1. The second-order valence-corrected chi connectivity index (χ2v) is 9.16. The minimum Gasteiger partial charge on any atom is -0.507 e. The van der Waals surface area contributed by atoms with E-state index in [1.807, 2.05) is 39.0 Å². The van der Waals surface area contributed by atoms with Crippen LogP contribution in [0.5, 0.6) is 23.0 Å². The molecule has 0 aromatic heterocycles. The largest absolute Gasteiger partial charge is 0.507 e. The van der Waals surface area contributed by atoms with Crippen LogP contribution < -0.4 is 23.8 Å². The molecule has 1 N–H and O–H groups in total. The Kier molecular flexibility index (Phi) is 6.72. The first-order valence-electron chi connectivity index (χ1n) is 12.4. The van der Waals surface area contributed by atoms with Gasteiger partial charge in [-0.05, 0) is 68.3 Å². The maximum Gasteiger partial charge on any atom is 0.300 e. The molecular formula is C30H29NO7. The van der Waals surface area contributed by atoms with Crippen LogP contribution in [0.1, 0.15) is 35.2 Å². The Morgan fingerprint density at radius 1 is 0.974 bits per heavy atom. The van der Waals surface area contributed by atoms with Gasteiger partial charge in [0.1, 0.15) is 19.0 Å². The smallest absolute Gasteiger partial charge is 0.300 e. The Balaban J connectivity index is 1.73. The molecule has 0 saturated carbocycles. The molecule has 2 aliphatic heterocycles. The van der Waals surface area contributed by atoms with E-state index in [1.54, 1.807) is 43.5 Å². The number of rotatable bonds is 6. The van der Waals surface area contributed by atoms with Crippen molar-refractivity contribution in [3.05, 3.63) is 82.4 Å². The highest BCUT2D eigenvalue weighted by atomic mass is 16.6. The van der Waals surface area contributed by atoms with Crippen LogP contribution in [0.3, 0.4) is 0 Å². The summed E-state index contributed by atoms with van der Waals surface area (Å²) in [5.41, 5.74) is 3.34. The second kappa shape index (κ2) is 10.1. The fourth-order valence-electron chi connectivity index (χ4n) is 4.95. The summed E-state index contributed by atoms with van der Waals surface area (Å²) in [7, 11) is 1.54. The topological polar surface area (TPSA) is 94.5 Å². The number of benzene rings is 3. The number of aliphatic hydroxyl groups excluding tert-OH is 1. The molecule has 2 heterocycles. The second-order valence-electron chi connectivity index (χ2n) is 9.16. The van der Waals surface area contributed by atoms with Crippen molar-refractivity contribution in [2.24, 2.45) is 0 Å². The average Bonchev–Trinajstić information content (AvgIpc) is 3.18. The number of aliphatic hydroxyl groups is 1. The van der Waals surface area contributed by atoms with Gasteiger partial charge in [-0.2, -0.15) is 0 Å². The van der Waals surface area contributed by atoms with Gasteiger partial charge in [0.25, 0.3) is 11.7 Å². The van der Waals surface area contributed by atoms with Crippen LogP contribution in [0.25, 0.3) is 5.76 Å². The van der Waals surface area contributed by atoms with E-state index in [2.05, 4.69) is 0 Å². The van der Waals surface area contributed by atoms with Gasteiger partial charge in [0.05, 0.1) is 25.3 Å². The molecular weight excluding hydrogens is 486 g/mol. The maximum absolute atomic E-state index is 13.6. The lowest BCUT2D eigenvalue weighted by Gasteiger charge is -2.27. The Morgan fingerprint density at radius 2 is 1.74 bits per heavy atom. The zero-order valence-corrected chi connectivity index (χ0v) is 21.7. The number of carbonyl (C=O) groups is 2. The Labute approximate surface area is 221 Å². The van der Waals surface area contributed by atoms with Crippen molar-refractivity contribution in [3.63, 3.8) is 0 Å². The molecule has 5 rings (SSSR count). The van der Waals surface area contributed by atoms with Crippen molar-refractivity contribution in [1.29, 1.82) is 0 Å². The van der Waals surface area contributed by atoms with Gasteiger partial charge in [-0.15, -0.1) is 0 Å². The molecule has 0 radical (unpaired) electrons. The van der Waals surface area contributed by atoms with E-state index in [-0.39, 0.29) is 11.3 Å². The minimum atomic E-state index is -0.908. The van der Waals surface area contributed by atoms with Crippen molar-refractivity contribution >= 4 is 23.1 Å². The van der Waals surface area contributed by atoms with Crippen LogP contribution in [0.2, 0.25) is 0 Å². The third-order valence-electron chi connectivity index (χ3n) is 6.68. The minimum absolute atomic E-state index is 0.0285. The van der Waals surface area contributed by atoms with Crippen LogP contribution in [0.15, 0.2) is 60.2 Å². The molecule has 0 bridgehead atoms. The number of aryl methyl sites for hydroxylation is 2. The molecule has 8 heteroatoms. The van der Waals surface area contributed by atoms with E-state index in [0.717, 1.165) is 11.1 Å². The first kappa shape index (κ1) is 25.2. The summed E-state index contributed by atoms with van der Waals surface area (Å²) in [4.78, 5) is 28.6. The Bertz CT molecular complexity index is 1460. The molecule has 0 aliphatic carbocycles. The summed E-state index contributed by atoms with van der Waals surface area (Å²) in [6.45, 7) is 6.91. The highest BCUT2D eigenvalue weighted by Gasteiger charge is 2.47. The number of methoxy groups -OCH3 is 1. The van der Waals surface area contributed by atoms with Gasteiger partial charge in [0.2, 0.25) is 0 Å². The molecule has 1 amide bonds. The molecule has 2 aliphatic rings. The van der Waals surface area contributed by atoms with E-state index >= 15 is 0 Å². The predicted molar refractivity (Wildman–Crippen MR) is 142 cm³/mol. The van der Waals surface area contributed by atoms with Gasteiger partial charge < -0.3 is 24.1 Å². The van der Waals surface area contributed by atoms with E-state index < -0.39 is 17.7 Å². The fourth-order valence-corrected chi connectivity index (χ4v) is 4.95. The molecule has 0 spiro atoms. The van der Waals surface area contributed by atoms with Gasteiger partial charge in [-0.1, -0.05) is 23.8 Å². The number of amides is 1. The molecule has 1 unspecified atom stereocenters. The standard InChI is InChI=1S/C30H29NO7/c1-5-36-24-15-19(7-10-22(24)35-4)27-26(28(32)20-8-11-23-25(16-20)38-13-12-37-23)29(33)30(34)31(27)21-9-6-17(2)14-18(21)3/h6-11,14-16,27,32H,5,12-13H2,1-4H3/b28-26+. The van der Waals surface area contributed by atoms with Crippen molar-refractivity contribution in [2.45, 2.75) is 26.8 Å². The molecule has 1 atom stereocenters. The summed E-state index contributed by atoms with van der Waals surface area (Å²) >= 11 is 0. The SMILES string of the molecule is CCOc1cc(C2/C(=C(\O)c3ccc4c(c3)OCCO4)C(=O)C(=O)N2c2ccc(C)cc2C)ccc1OC. The lowest BCUT2D eigenvalue weighted by Crippen LogP contribution is -2.30. The third kappa shape index (κ3) is 4.32. The van der Waals surface area contributed by atoms with Crippen LogP contribution in [0, 0.1) is 13.8 Å². The fraction of sp³-hybridized carbons (Fsp3) is 0.267. The highest BCUT2D eigenvalue weighted by Crippen LogP contribution is 2.45. The van der Waals surface area contributed by atoms with Crippen molar-refractivity contribution in [3.8, 4) is 23.0 Å². The van der Waals surface area contributed by atoms with Crippen molar-refractivity contribution in [2.75, 3.05) is 31.8 Å². The van der Waals surface area contributed by atoms with Gasteiger partial charge in [0.15, 0.2) is 23.0 Å². The monoisotopic (exact) mass is 515 g/mol. The zero-order valence-electron chi connectivity index (χ0n) is 21.7. The van der Waals surface area contributed by atoms with Crippen LogP contribution in [-0.2, 0) is 9.59 Å². The van der Waals surface area contributed by atoms with Crippen molar-refractivity contribution in [1.82, 2.24) is 0 Å². The van der Waals surface area contributed by atoms with Gasteiger partial charge in [0, 0.05) is 11.3 Å². The van der Waals surface area contributed by atoms with Crippen molar-refractivity contribution < 1.29 is 33.6 Å². The molecule has 3 aromatic rings. The Morgan fingerprint density at radius 3 is 2.45 bits per heavy atom. The van der Waals surface area contributed by atoms with Gasteiger partial charge in [-0.25, -0.2) is 0 Å². The Hall–Kier alpha value is -4.46. The maximum atomic E-state index is 13.6. The third-order valence-corrected chi connectivity index (χ3v) is 6.68. The number of carbonyl (C=O) groups excluding carboxylic acids is 2. The van der Waals surface area contributed by atoms with Crippen LogP contribution in [-0.4, -0.2) is 43.7 Å². The molecule has 38 heavy (non-hydrogen) atoms. The van der Waals surface area contributed by atoms with Gasteiger partial charge in [-0.3, -0.25) is 14.5 Å². The number of anilines is 1. The van der Waals surface area contributed by atoms with E-state index in [4.69, 9.17) is 18.9 Å². The molecule has 8 nitrogen and oxygen atoms in total. The number of ketones is 1. The summed E-state index contributed by atoms with van der Waals surface area (Å²) in [6.07, 6.45) is 0. The molecule has 196 valence electrons. The number of ether oxygens (including phenoxy) is 4. The van der Waals surface area contributed by atoms with Gasteiger partial charge >= 0.3 is 0 Å². The van der Waals surface area contributed by atoms with Crippen LogP contribution in [0.4, 0.5) is 5.69 Å². The summed E-state index contributed by atoms with van der Waals surface area (Å²) in [5.74, 6) is 0.196. The number of Topliss-reactive ketones (excluding diaryl/α,β-unsaturated/α-hetero) is 1. The number of hydrogen-bond donors (Lipinski definition) is 1. The number of nitrogens with zero attached hydrogens (tertiary/aromatic N) is 1. The van der Waals surface area contributed by atoms with E-state index in [0.29, 0.717) is 59.6 Å². The first-order chi connectivity index (χ1) is 18.3. The quantitative estimate of drug-likeness (QED) is 0.277. The highest BCUT2D eigenvalue weighted by molar-refractivity contribution is 6.51. The average molecular weight is 516 g/mol. The predicted octanol–water partition coefficient (Wildman–Crippen LogP) is 5.11. The van der Waals surface area contributed by atoms with E-state index in [1.165, 1.54) is 4.90 Å². The lowest BCUT2D eigenvalue weighted by atomic mass is 9.94. The first-order valence-corrected chi connectivity index (χ1v) is 12.4. The molecule has 3 aromatic carbocycles. The molecule has 1 saturated heterocycles. The summed E-state index contributed by atoms with van der Waals surface area (Å²) in [5, 5.41) is 11.5. The lowest BCUT2D eigenvalue weighted by molar-refractivity contribution is -0.132. The summed E-state index contributed by atoms with van der Waals surface area (Å²) in [6, 6.07) is 14.9. The van der Waals surface area contributed by atoms with Crippen LogP contribution >= 0.6 is 0 Å². The summed E-state index contributed by atoms with van der Waals surface area (Å²) < 4.78 is 22.5. The van der Waals surface area contributed by atoms with E-state index in [9.17, 15) is 14.7 Å². The normalized spacial score (nSPS) is 18.0. The number of hydrogen-bond acceptors (Lipinski definition) is 7.